The zero-order valence-corrected chi connectivity index (χ0v) is 16.6. The maximum absolute atomic E-state index is 13.1. The number of aryl methyl sites for hydroxylation is 2. The van der Waals surface area contributed by atoms with E-state index in [1.165, 1.54) is 10.5 Å². The van der Waals surface area contributed by atoms with Crippen LogP contribution in [-0.4, -0.2) is 11.8 Å². The fourth-order valence-corrected chi connectivity index (χ4v) is 4.74. The maximum Gasteiger partial charge on any atom is 0.237 e. The summed E-state index contributed by atoms with van der Waals surface area (Å²) in [5, 5.41) is 0. The van der Waals surface area contributed by atoms with Crippen LogP contribution in [0.15, 0.2) is 46.9 Å². The van der Waals surface area contributed by atoms with E-state index >= 15 is 0 Å². The number of anilines is 1. The molecule has 1 heterocycles. The first kappa shape index (κ1) is 17.5. The van der Waals surface area contributed by atoms with Gasteiger partial charge >= 0.3 is 0 Å². The largest absolute Gasteiger partial charge is 0.274 e. The van der Waals surface area contributed by atoms with Gasteiger partial charge in [0.25, 0.3) is 0 Å². The quantitative estimate of drug-likeness (QED) is 0.641. The number of imide groups is 1. The monoisotopic (exact) mass is 411 g/mol. The number of benzene rings is 2. The molecule has 1 aliphatic carbocycles. The molecule has 3 nitrogen and oxygen atoms in total. The van der Waals surface area contributed by atoms with Crippen LogP contribution in [-0.2, 0) is 9.59 Å². The number of hydrogen-bond acceptors (Lipinski definition) is 2. The molecule has 0 N–H and O–H groups in total. The van der Waals surface area contributed by atoms with Crippen molar-refractivity contribution in [1.82, 2.24) is 0 Å². The molecule has 2 aliphatic rings. The van der Waals surface area contributed by atoms with E-state index in [9.17, 15) is 9.59 Å². The summed E-state index contributed by atoms with van der Waals surface area (Å²) < 4.78 is 1.03. The number of carbonyl (C=O) groups excluding carboxylic acids is 2. The molecule has 2 aromatic carbocycles. The van der Waals surface area contributed by atoms with Crippen LogP contribution >= 0.6 is 15.9 Å². The molecular formula is C22H22BrNO2. The second-order valence-corrected chi connectivity index (χ2v) is 8.33. The molecular weight excluding hydrogens is 390 g/mol. The van der Waals surface area contributed by atoms with Crippen molar-refractivity contribution < 1.29 is 9.59 Å². The van der Waals surface area contributed by atoms with E-state index < -0.39 is 0 Å². The summed E-state index contributed by atoms with van der Waals surface area (Å²) in [6.45, 7) is 3.98. The number of amides is 2. The van der Waals surface area contributed by atoms with E-state index in [0.717, 1.165) is 34.9 Å². The van der Waals surface area contributed by atoms with Crippen molar-refractivity contribution >= 4 is 33.4 Å². The first-order valence-corrected chi connectivity index (χ1v) is 9.96. The fourth-order valence-electron chi connectivity index (χ4n) is 4.51. The standard InChI is InChI=1S/C22H22BrNO2/c1-13-10-17(11-14(2)20(13)23)24-21(25)18-9-8-16(12-19(18)22(24)26)15-6-4-3-5-7-15/h3-7,10-11,16,18-19H,8-9,12H2,1-2H3. The van der Waals surface area contributed by atoms with Gasteiger partial charge in [-0.15, -0.1) is 0 Å². The van der Waals surface area contributed by atoms with Gasteiger partial charge < -0.3 is 0 Å². The molecule has 3 atom stereocenters. The molecule has 0 aromatic heterocycles. The van der Waals surface area contributed by atoms with Crippen molar-refractivity contribution in [3.8, 4) is 0 Å². The fraction of sp³-hybridized carbons (Fsp3) is 0.364. The van der Waals surface area contributed by atoms with E-state index in [1.807, 2.05) is 44.2 Å². The molecule has 2 fully saturated rings. The second kappa shape index (κ2) is 6.66. The van der Waals surface area contributed by atoms with Crippen molar-refractivity contribution in [2.75, 3.05) is 4.90 Å². The molecule has 4 rings (SSSR count). The highest BCUT2D eigenvalue weighted by atomic mass is 79.9. The highest BCUT2D eigenvalue weighted by Crippen LogP contribution is 2.46. The van der Waals surface area contributed by atoms with E-state index in [4.69, 9.17) is 0 Å². The van der Waals surface area contributed by atoms with Crippen LogP contribution in [0, 0.1) is 25.7 Å². The number of nitrogens with zero attached hydrogens (tertiary/aromatic N) is 1. The SMILES string of the molecule is Cc1cc(N2C(=O)C3CCC(c4ccccc4)CC3C2=O)cc(C)c1Br. The van der Waals surface area contributed by atoms with Gasteiger partial charge in [0.2, 0.25) is 11.8 Å². The molecule has 2 amide bonds. The molecule has 134 valence electrons. The van der Waals surface area contributed by atoms with Crippen LogP contribution in [0.25, 0.3) is 0 Å². The molecule has 0 radical (unpaired) electrons. The Morgan fingerprint density at radius 2 is 1.54 bits per heavy atom. The maximum atomic E-state index is 13.1. The van der Waals surface area contributed by atoms with Crippen molar-refractivity contribution in [1.29, 1.82) is 0 Å². The summed E-state index contributed by atoms with van der Waals surface area (Å²) in [5.74, 6) is -0.0330. The predicted octanol–water partition coefficient (Wildman–Crippen LogP) is 5.14. The van der Waals surface area contributed by atoms with Crippen LogP contribution in [0.1, 0.15) is 41.9 Å². The lowest BCUT2D eigenvalue weighted by Gasteiger charge is -2.28. The summed E-state index contributed by atoms with van der Waals surface area (Å²) in [7, 11) is 0. The van der Waals surface area contributed by atoms with Gasteiger partial charge in [-0.2, -0.15) is 0 Å². The minimum absolute atomic E-state index is 0.0207. The normalized spacial score (nSPS) is 25.5. The number of carbonyl (C=O) groups is 2. The van der Waals surface area contributed by atoms with E-state index in [1.54, 1.807) is 0 Å². The average Bonchev–Trinajstić information content (AvgIpc) is 2.90. The van der Waals surface area contributed by atoms with Gasteiger partial charge in [-0.05, 0) is 67.9 Å². The molecule has 1 saturated carbocycles. The zero-order valence-electron chi connectivity index (χ0n) is 15.0. The number of rotatable bonds is 2. The smallest absolute Gasteiger partial charge is 0.237 e. The summed E-state index contributed by atoms with van der Waals surface area (Å²) in [6.07, 6.45) is 2.53. The Morgan fingerprint density at radius 3 is 2.19 bits per heavy atom. The second-order valence-electron chi connectivity index (χ2n) is 7.54. The number of hydrogen-bond donors (Lipinski definition) is 0. The molecule has 1 aliphatic heterocycles. The Bertz CT molecular complexity index is 854. The van der Waals surface area contributed by atoms with Crippen molar-refractivity contribution in [2.24, 2.45) is 11.8 Å². The number of fused-ring (bicyclic) bond motifs is 1. The summed E-state index contributed by atoms with van der Waals surface area (Å²) in [6, 6.07) is 14.2. The van der Waals surface area contributed by atoms with Gasteiger partial charge in [0.1, 0.15) is 0 Å². The van der Waals surface area contributed by atoms with Crippen molar-refractivity contribution in [3.05, 3.63) is 63.6 Å². The minimum Gasteiger partial charge on any atom is -0.274 e. The lowest BCUT2D eigenvalue weighted by molar-refractivity contribution is -0.122. The Morgan fingerprint density at radius 1 is 0.923 bits per heavy atom. The third-order valence-corrected chi connectivity index (χ3v) is 7.13. The van der Waals surface area contributed by atoms with Gasteiger partial charge in [0, 0.05) is 4.47 Å². The van der Waals surface area contributed by atoms with Gasteiger partial charge in [-0.25, -0.2) is 0 Å². The average molecular weight is 412 g/mol. The Hall–Kier alpha value is -1.94. The lowest BCUT2D eigenvalue weighted by atomic mass is 9.73. The van der Waals surface area contributed by atoms with E-state index in [2.05, 4.69) is 28.1 Å². The van der Waals surface area contributed by atoms with Crippen LogP contribution < -0.4 is 4.90 Å². The zero-order chi connectivity index (χ0) is 18.4. The van der Waals surface area contributed by atoms with E-state index in [0.29, 0.717) is 11.6 Å². The highest BCUT2D eigenvalue weighted by molar-refractivity contribution is 9.10. The molecule has 0 bridgehead atoms. The van der Waals surface area contributed by atoms with Gasteiger partial charge in [0.15, 0.2) is 0 Å². The van der Waals surface area contributed by atoms with Gasteiger partial charge in [-0.3, -0.25) is 14.5 Å². The molecule has 1 saturated heterocycles. The summed E-state index contributed by atoms with van der Waals surface area (Å²) in [4.78, 5) is 27.6. The Balaban J connectivity index is 1.64. The molecule has 4 heteroatoms. The predicted molar refractivity (Wildman–Crippen MR) is 106 cm³/mol. The topological polar surface area (TPSA) is 37.4 Å². The third kappa shape index (κ3) is 2.81. The summed E-state index contributed by atoms with van der Waals surface area (Å²) in [5.41, 5.74) is 4.07. The Kier molecular flexibility index (Phi) is 4.47. The third-order valence-electron chi connectivity index (χ3n) is 5.88. The van der Waals surface area contributed by atoms with E-state index in [-0.39, 0.29) is 23.7 Å². The molecule has 2 aromatic rings. The lowest BCUT2D eigenvalue weighted by Crippen LogP contribution is -2.31. The molecule has 3 unspecified atom stereocenters. The minimum atomic E-state index is -0.189. The first-order chi connectivity index (χ1) is 12.5. The number of halogens is 1. The van der Waals surface area contributed by atoms with Crippen LogP contribution in [0.5, 0.6) is 0 Å². The summed E-state index contributed by atoms with van der Waals surface area (Å²) >= 11 is 3.56. The Labute approximate surface area is 162 Å². The van der Waals surface area contributed by atoms with Crippen LogP contribution in [0.2, 0.25) is 0 Å². The van der Waals surface area contributed by atoms with Crippen molar-refractivity contribution in [3.63, 3.8) is 0 Å². The highest BCUT2D eigenvalue weighted by Gasteiger charge is 2.50. The van der Waals surface area contributed by atoms with Crippen LogP contribution in [0.3, 0.4) is 0 Å². The first-order valence-electron chi connectivity index (χ1n) is 9.17. The van der Waals surface area contributed by atoms with Crippen molar-refractivity contribution in [2.45, 2.75) is 39.0 Å². The van der Waals surface area contributed by atoms with Gasteiger partial charge in [0.05, 0.1) is 17.5 Å². The molecule has 26 heavy (non-hydrogen) atoms. The van der Waals surface area contributed by atoms with Gasteiger partial charge in [-0.1, -0.05) is 46.3 Å². The molecule has 0 spiro atoms. The van der Waals surface area contributed by atoms with Crippen LogP contribution in [0.4, 0.5) is 5.69 Å².